The Hall–Kier alpha value is -2.09. The number of nitrogens with one attached hydrogen (secondary N) is 2. The number of urea groups is 1. The van der Waals surface area contributed by atoms with E-state index in [0.717, 1.165) is 5.01 Å². The van der Waals surface area contributed by atoms with Crippen LogP contribution in [0.4, 0.5) is 15.7 Å². The summed E-state index contributed by atoms with van der Waals surface area (Å²) in [6, 6.07) is -0.387. The lowest BCUT2D eigenvalue weighted by molar-refractivity contribution is 0.262. The van der Waals surface area contributed by atoms with Crippen LogP contribution in [0.15, 0.2) is 18.6 Å². The summed E-state index contributed by atoms with van der Waals surface area (Å²) in [7, 11) is 0. The summed E-state index contributed by atoms with van der Waals surface area (Å²) < 4.78 is 0. The van der Waals surface area contributed by atoms with Gasteiger partial charge in [-0.15, -0.1) is 10.2 Å². The number of carbonyl (C=O) groups excluding carboxylic acids is 1. The number of aromatic nitrogens is 4. The Morgan fingerprint density at radius 3 is 2.76 bits per heavy atom. The fourth-order valence-electron chi connectivity index (χ4n) is 2.41. The lowest BCUT2D eigenvalue weighted by Gasteiger charge is -2.18. The molecule has 2 aromatic rings. The van der Waals surface area contributed by atoms with Gasteiger partial charge < -0.3 is 0 Å². The van der Waals surface area contributed by atoms with Crippen molar-refractivity contribution in [2.45, 2.75) is 38.0 Å². The van der Waals surface area contributed by atoms with Crippen molar-refractivity contribution in [3.8, 4) is 0 Å². The van der Waals surface area contributed by atoms with Crippen LogP contribution in [0, 0.1) is 0 Å². The van der Waals surface area contributed by atoms with E-state index in [9.17, 15) is 4.79 Å². The Morgan fingerprint density at radius 1 is 1.14 bits per heavy atom. The Balaban J connectivity index is 1.57. The van der Waals surface area contributed by atoms with Crippen molar-refractivity contribution in [2.24, 2.45) is 0 Å². The van der Waals surface area contributed by atoms with E-state index in [1.165, 1.54) is 55.8 Å². The van der Waals surface area contributed by atoms with Gasteiger partial charge in [0.25, 0.3) is 0 Å². The van der Waals surface area contributed by atoms with Crippen molar-refractivity contribution >= 4 is 28.3 Å². The second-order valence-corrected chi connectivity index (χ2v) is 5.96. The zero-order valence-electron chi connectivity index (χ0n) is 11.5. The molecule has 2 N–H and O–H groups in total. The highest BCUT2D eigenvalue weighted by atomic mass is 32.1. The third kappa shape index (κ3) is 3.72. The molecule has 2 amide bonds. The molecule has 8 heteroatoms. The number of rotatable bonds is 3. The third-order valence-electron chi connectivity index (χ3n) is 3.42. The molecule has 0 aliphatic heterocycles. The van der Waals surface area contributed by atoms with E-state index in [2.05, 4.69) is 30.8 Å². The van der Waals surface area contributed by atoms with Crippen molar-refractivity contribution < 1.29 is 4.79 Å². The molecule has 0 saturated heterocycles. The summed E-state index contributed by atoms with van der Waals surface area (Å²) in [5, 5.41) is 15.0. The molecular weight excluding hydrogens is 288 g/mol. The molecule has 1 saturated carbocycles. The molecule has 2 aromatic heterocycles. The number of nitrogens with zero attached hydrogens (tertiary/aromatic N) is 4. The van der Waals surface area contributed by atoms with E-state index in [1.807, 2.05) is 0 Å². The number of hydrogen-bond donors (Lipinski definition) is 2. The fourth-order valence-corrected chi connectivity index (χ4v) is 3.32. The van der Waals surface area contributed by atoms with E-state index < -0.39 is 0 Å². The van der Waals surface area contributed by atoms with Crippen LogP contribution in [0.2, 0.25) is 0 Å². The second-order valence-electron chi connectivity index (χ2n) is 4.95. The molecule has 0 unspecified atom stereocenters. The quantitative estimate of drug-likeness (QED) is 0.909. The minimum absolute atomic E-state index is 0.387. The number of anilines is 2. The molecular formula is C13H16N6OS. The maximum Gasteiger partial charge on any atom is 0.326 e. The van der Waals surface area contributed by atoms with Gasteiger partial charge in [-0.3, -0.25) is 15.6 Å². The molecule has 0 aromatic carbocycles. The number of carbonyl (C=O) groups is 1. The van der Waals surface area contributed by atoms with Gasteiger partial charge in [0, 0.05) is 18.3 Å². The van der Waals surface area contributed by atoms with E-state index in [0.29, 0.717) is 16.9 Å². The molecule has 2 heterocycles. The maximum atomic E-state index is 11.8. The van der Waals surface area contributed by atoms with Gasteiger partial charge in [-0.05, 0) is 12.8 Å². The standard InChI is InChI=1S/C13H16N6OS/c20-12(16-10-8-14-6-7-15-10)17-13-19-18-11(21-13)9-4-2-1-3-5-9/h6-9H,1-5H2,(H2,15,16,17,19,20). The Labute approximate surface area is 126 Å². The zero-order valence-corrected chi connectivity index (χ0v) is 12.3. The van der Waals surface area contributed by atoms with E-state index in [-0.39, 0.29) is 6.03 Å². The van der Waals surface area contributed by atoms with Gasteiger partial charge in [0.15, 0.2) is 5.82 Å². The summed E-state index contributed by atoms with van der Waals surface area (Å²) in [6.45, 7) is 0. The average molecular weight is 304 g/mol. The molecule has 110 valence electrons. The fraction of sp³-hybridized carbons (Fsp3) is 0.462. The SMILES string of the molecule is O=C(Nc1cnccn1)Nc1nnc(C2CCCCC2)s1. The van der Waals surface area contributed by atoms with Crippen molar-refractivity contribution in [3.05, 3.63) is 23.6 Å². The minimum Gasteiger partial charge on any atom is -0.291 e. The first kappa shape index (κ1) is 13.9. The van der Waals surface area contributed by atoms with Crippen molar-refractivity contribution in [2.75, 3.05) is 10.6 Å². The van der Waals surface area contributed by atoms with Gasteiger partial charge in [-0.1, -0.05) is 30.6 Å². The van der Waals surface area contributed by atoms with Gasteiger partial charge >= 0.3 is 6.03 Å². The highest BCUT2D eigenvalue weighted by Gasteiger charge is 2.20. The summed E-state index contributed by atoms with van der Waals surface area (Å²) in [6.07, 6.45) is 10.7. The predicted octanol–water partition coefficient (Wildman–Crippen LogP) is 3.02. The van der Waals surface area contributed by atoms with Gasteiger partial charge in [0.1, 0.15) is 5.01 Å². The second kappa shape index (κ2) is 6.57. The first-order valence-electron chi connectivity index (χ1n) is 6.98. The number of hydrogen-bond acceptors (Lipinski definition) is 6. The topological polar surface area (TPSA) is 92.7 Å². The predicted molar refractivity (Wildman–Crippen MR) is 80.4 cm³/mol. The molecule has 0 radical (unpaired) electrons. The van der Waals surface area contributed by atoms with Crippen LogP contribution in [0.5, 0.6) is 0 Å². The smallest absolute Gasteiger partial charge is 0.291 e. The molecule has 3 rings (SSSR count). The molecule has 1 fully saturated rings. The minimum atomic E-state index is -0.387. The summed E-state index contributed by atoms with van der Waals surface area (Å²) in [4.78, 5) is 19.7. The van der Waals surface area contributed by atoms with Crippen LogP contribution in [0.3, 0.4) is 0 Å². The van der Waals surface area contributed by atoms with Gasteiger partial charge in [0.2, 0.25) is 5.13 Å². The van der Waals surface area contributed by atoms with Crippen LogP contribution in [0.1, 0.15) is 43.0 Å². The van der Waals surface area contributed by atoms with Crippen LogP contribution >= 0.6 is 11.3 Å². The molecule has 7 nitrogen and oxygen atoms in total. The van der Waals surface area contributed by atoms with E-state index in [1.54, 1.807) is 6.20 Å². The Morgan fingerprint density at radius 2 is 2.00 bits per heavy atom. The number of amides is 2. The molecule has 1 aliphatic rings. The van der Waals surface area contributed by atoms with Crippen LogP contribution < -0.4 is 10.6 Å². The highest BCUT2D eigenvalue weighted by Crippen LogP contribution is 2.35. The first-order valence-corrected chi connectivity index (χ1v) is 7.80. The van der Waals surface area contributed by atoms with Crippen molar-refractivity contribution in [1.29, 1.82) is 0 Å². The molecule has 0 atom stereocenters. The average Bonchev–Trinajstić information content (AvgIpc) is 2.97. The van der Waals surface area contributed by atoms with E-state index in [4.69, 9.17) is 0 Å². The zero-order chi connectivity index (χ0) is 14.5. The lowest BCUT2D eigenvalue weighted by Crippen LogP contribution is -2.20. The maximum absolute atomic E-state index is 11.8. The van der Waals surface area contributed by atoms with Crippen LogP contribution in [-0.2, 0) is 0 Å². The van der Waals surface area contributed by atoms with E-state index >= 15 is 0 Å². The lowest BCUT2D eigenvalue weighted by atomic mass is 9.90. The van der Waals surface area contributed by atoms with Gasteiger partial charge in [-0.2, -0.15) is 0 Å². The molecule has 21 heavy (non-hydrogen) atoms. The Kier molecular flexibility index (Phi) is 4.34. The monoisotopic (exact) mass is 304 g/mol. The van der Waals surface area contributed by atoms with Gasteiger partial charge in [-0.25, -0.2) is 9.78 Å². The highest BCUT2D eigenvalue weighted by molar-refractivity contribution is 7.15. The Bertz CT molecular complexity index is 596. The summed E-state index contributed by atoms with van der Waals surface area (Å²) in [5.41, 5.74) is 0. The normalized spacial score (nSPS) is 15.6. The third-order valence-corrected chi connectivity index (χ3v) is 4.42. The largest absolute Gasteiger partial charge is 0.326 e. The molecule has 1 aliphatic carbocycles. The summed E-state index contributed by atoms with van der Waals surface area (Å²) in [5.74, 6) is 0.891. The molecule has 0 bridgehead atoms. The van der Waals surface area contributed by atoms with Gasteiger partial charge in [0.05, 0.1) is 6.20 Å². The molecule has 0 spiro atoms. The summed E-state index contributed by atoms with van der Waals surface area (Å²) >= 11 is 1.45. The van der Waals surface area contributed by atoms with Crippen LogP contribution in [-0.4, -0.2) is 26.2 Å². The van der Waals surface area contributed by atoms with Crippen molar-refractivity contribution in [3.63, 3.8) is 0 Å². The van der Waals surface area contributed by atoms with Crippen molar-refractivity contribution in [1.82, 2.24) is 20.2 Å². The van der Waals surface area contributed by atoms with Crippen LogP contribution in [0.25, 0.3) is 0 Å². The first-order chi connectivity index (χ1) is 10.3.